The van der Waals surface area contributed by atoms with Crippen LogP contribution in [-0.4, -0.2) is 71.3 Å². The van der Waals surface area contributed by atoms with Gasteiger partial charge in [-0.05, 0) is 30.7 Å². The van der Waals surface area contributed by atoms with Crippen molar-refractivity contribution in [2.45, 2.75) is 24.3 Å². The fourth-order valence-corrected chi connectivity index (χ4v) is 4.19. The first-order chi connectivity index (χ1) is 12.5. The van der Waals surface area contributed by atoms with Crippen molar-refractivity contribution in [1.82, 2.24) is 14.9 Å². The molecule has 160 valence electrons. The van der Waals surface area contributed by atoms with Crippen molar-refractivity contribution in [1.29, 1.82) is 0 Å². The molecular formula is C17H27Cl2N3O5S. The number of esters is 1. The average Bonchev–Trinajstić information content (AvgIpc) is 3.06. The number of rotatable bonds is 7. The topological polar surface area (TPSA) is 97.0 Å². The summed E-state index contributed by atoms with van der Waals surface area (Å²) in [6.07, 6.45) is -0.387. The molecule has 1 saturated heterocycles. The van der Waals surface area contributed by atoms with E-state index in [4.69, 9.17) is 9.47 Å². The summed E-state index contributed by atoms with van der Waals surface area (Å²) in [5.74, 6) is 0.102. The molecule has 1 atom stereocenters. The zero-order valence-electron chi connectivity index (χ0n) is 15.7. The second-order valence-electron chi connectivity index (χ2n) is 6.32. The Morgan fingerprint density at radius 3 is 2.71 bits per heavy atom. The van der Waals surface area contributed by atoms with E-state index in [-0.39, 0.29) is 36.3 Å². The number of nitrogens with one attached hydrogen (secondary N) is 2. The molecule has 1 aromatic carbocycles. The Labute approximate surface area is 178 Å². The Balaban J connectivity index is 0.00000196. The summed E-state index contributed by atoms with van der Waals surface area (Å²) in [4.78, 5) is 14.2. The van der Waals surface area contributed by atoms with Gasteiger partial charge in [0, 0.05) is 45.7 Å². The van der Waals surface area contributed by atoms with Crippen molar-refractivity contribution >= 4 is 40.8 Å². The van der Waals surface area contributed by atoms with E-state index < -0.39 is 22.1 Å². The molecule has 0 saturated carbocycles. The maximum Gasteiger partial charge on any atom is 0.347 e. The van der Waals surface area contributed by atoms with Crippen molar-refractivity contribution in [3.8, 4) is 5.75 Å². The lowest BCUT2D eigenvalue weighted by molar-refractivity contribution is -0.150. The molecule has 28 heavy (non-hydrogen) atoms. The molecule has 0 amide bonds. The molecule has 8 nitrogen and oxygen atoms in total. The van der Waals surface area contributed by atoms with Crippen molar-refractivity contribution < 1.29 is 22.7 Å². The largest absolute Gasteiger partial charge is 0.478 e. The van der Waals surface area contributed by atoms with Crippen LogP contribution in [0, 0.1) is 0 Å². The van der Waals surface area contributed by atoms with Crippen LogP contribution in [-0.2, 0) is 26.0 Å². The molecule has 2 aliphatic rings. The van der Waals surface area contributed by atoms with Crippen LogP contribution in [0.25, 0.3) is 0 Å². The number of halogens is 2. The van der Waals surface area contributed by atoms with Crippen LogP contribution in [0.15, 0.2) is 23.1 Å². The highest BCUT2D eigenvalue weighted by atomic mass is 35.5. The molecule has 0 aliphatic carbocycles. The third kappa shape index (κ3) is 6.20. The van der Waals surface area contributed by atoms with Crippen LogP contribution < -0.4 is 14.8 Å². The Hall–Kier alpha value is -1.10. The number of fused-ring (bicyclic) bond motifs is 1. The summed E-state index contributed by atoms with van der Waals surface area (Å²) in [6.45, 7) is 6.77. The molecule has 1 unspecified atom stereocenters. The summed E-state index contributed by atoms with van der Waals surface area (Å²) >= 11 is 0. The zero-order valence-corrected chi connectivity index (χ0v) is 18.1. The number of hydrogen-bond acceptors (Lipinski definition) is 7. The lowest BCUT2D eigenvalue weighted by Gasteiger charge is -2.27. The number of nitrogens with zero attached hydrogens (tertiary/aromatic N) is 1. The summed E-state index contributed by atoms with van der Waals surface area (Å²) in [7, 11) is -3.59. The van der Waals surface area contributed by atoms with E-state index >= 15 is 0 Å². The van der Waals surface area contributed by atoms with Crippen LogP contribution in [0.1, 0.15) is 12.5 Å². The third-order valence-electron chi connectivity index (χ3n) is 4.50. The predicted molar refractivity (Wildman–Crippen MR) is 110 cm³/mol. The summed E-state index contributed by atoms with van der Waals surface area (Å²) in [6, 6.07) is 4.67. The van der Waals surface area contributed by atoms with E-state index in [9.17, 15) is 13.2 Å². The van der Waals surface area contributed by atoms with Gasteiger partial charge in [-0.3, -0.25) is 4.90 Å². The number of ether oxygens (including phenoxy) is 2. The van der Waals surface area contributed by atoms with Crippen LogP contribution in [0.3, 0.4) is 0 Å². The lowest BCUT2D eigenvalue weighted by atomic mass is 10.1. The van der Waals surface area contributed by atoms with Crippen LogP contribution in [0.5, 0.6) is 5.75 Å². The van der Waals surface area contributed by atoms with Crippen molar-refractivity contribution in [3.63, 3.8) is 0 Å². The molecule has 0 aromatic heterocycles. The van der Waals surface area contributed by atoms with Crippen molar-refractivity contribution in [2.75, 3.05) is 45.9 Å². The highest BCUT2D eigenvalue weighted by Gasteiger charge is 2.31. The van der Waals surface area contributed by atoms with Crippen LogP contribution in [0.4, 0.5) is 0 Å². The molecule has 0 bridgehead atoms. The Morgan fingerprint density at radius 1 is 1.32 bits per heavy atom. The van der Waals surface area contributed by atoms with E-state index in [2.05, 4.69) is 14.9 Å². The number of benzene rings is 1. The minimum absolute atomic E-state index is 0. The number of sulfonamides is 1. The minimum atomic E-state index is -3.59. The van der Waals surface area contributed by atoms with E-state index in [1.165, 1.54) is 6.07 Å². The third-order valence-corrected chi connectivity index (χ3v) is 5.95. The normalized spacial score (nSPS) is 19.0. The quantitative estimate of drug-likeness (QED) is 0.580. The molecule has 2 N–H and O–H groups in total. The minimum Gasteiger partial charge on any atom is -0.478 e. The monoisotopic (exact) mass is 455 g/mol. The Morgan fingerprint density at radius 2 is 2.04 bits per heavy atom. The number of piperazine rings is 1. The molecular weight excluding hydrogens is 429 g/mol. The second-order valence-corrected chi connectivity index (χ2v) is 8.09. The van der Waals surface area contributed by atoms with E-state index in [1.54, 1.807) is 19.1 Å². The van der Waals surface area contributed by atoms with Gasteiger partial charge in [0.2, 0.25) is 10.0 Å². The van der Waals surface area contributed by atoms with Crippen molar-refractivity contribution in [3.05, 3.63) is 23.8 Å². The SMILES string of the molecule is CCOC(=O)C1Cc2cc(S(=O)(=O)NCCN3CCNCC3)ccc2O1.Cl.Cl. The maximum absolute atomic E-state index is 12.5. The van der Waals surface area contributed by atoms with Gasteiger partial charge >= 0.3 is 5.97 Å². The first-order valence-electron chi connectivity index (χ1n) is 8.88. The average molecular weight is 456 g/mol. The molecule has 2 aliphatic heterocycles. The van der Waals surface area contributed by atoms with Gasteiger partial charge in [0.1, 0.15) is 5.75 Å². The summed E-state index contributed by atoms with van der Waals surface area (Å²) in [5.41, 5.74) is 0.702. The van der Waals surface area contributed by atoms with E-state index in [0.717, 1.165) is 26.2 Å². The fourth-order valence-electron chi connectivity index (χ4n) is 3.11. The van der Waals surface area contributed by atoms with Gasteiger partial charge in [-0.2, -0.15) is 0 Å². The highest BCUT2D eigenvalue weighted by molar-refractivity contribution is 7.89. The van der Waals surface area contributed by atoms with Crippen LogP contribution in [0.2, 0.25) is 0 Å². The van der Waals surface area contributed by atoms with Gasteiger partial charge in [0.05, 0.1) is 11.5 Å². The first kappa shape index (κ1) is 24.9. The second kappa shape index (κ2) is 11.2. The predicted octanol–water partition coefficient (Wildman–Crippen LogP) is 0.580. The maximum atomic E-state index is 12.5. The van der Waals surface area contributed by atoms with Crippen molar-refractivity contribution in [2.24, 2.45) is 0 Å². The van der Waals surface area contributed by atoms with Gasteiger partial charge in [0.25, 0.3) is 0 Å². The Bertz CT molecular complexity index is 757. The van der Waals surface area contributed by atoms with Gasteiger partial charge in [-0.15, -0.1) is 24.8 Å². The van der Waals surface area contributed by atoms with E-state index in [0.29, 0.717) is 30.8 Å². The lowest BCUT2D eigenvalue weighted by Crippen LogP contribution is -2.46. The Kier molecular flexibility index (Phi) is 9.96. The van der Waals surface area contributed by atoms with Gasteiger partial charge in [-0.25, -0.2) is 17.9 Å². The number of carbonyl (C=O) groups excluding carboxylic acids is 1. The molecule has 11 heteroatoms. The molecule has 2 heterocycles. The summed E-state index contributed by atoms with van der Waals surface area (Å²) < 4.78 is 38.2. The molecule has 3 rings (SSSR count). The number of hydrogen-bond donors (Lipinski definition) is 2. The summed E-state index contributed by atoms with van der Waals surface area (Å²) in [5, 5.41) is 3.27. The molecule has 1 fully saturated rings. The fraction of sp³-hybridized carbons (Fsp3) is 0.588. The zero-order chi connectivity index (χ0) is 18.6. The smallest absolute Gasteiger partial charge is 0.347 e. The number of carbonyl (C=O) groups is 1. The molecule has 0 radical (unpaired) electrons. The van der Waals surface area contributed by atoms with Crippen LogP contribution >= 0.6 is 24.8 Å². The molecule has 0 spiro atoms. The highest BCUT2D eigenvalue weighted by Crippen LogP contribution is 2.31. The first-order valence-corrected chi connectivity index (χ1v) is 10.4. The van der Waals surface area contributed by atoms with Gasteiger partial charge in [-0.1, -0.05) is 0 Å². The van der Waals surface area contributed by atoms with E-state index in [1.807, 2.05) is 0 Å². The molecule has 1 aromatic rings. The van der Waals surface area contributed by atoms with Gasteiger partial charge in [0.15, 0.2) is 6.10 Å². The standard InChI is InChI=1S/C17H25N3O5S.2ClH/c1-2-24-17(21)16-12-13-11-14(3-4-15(13)25-16)26(22,23)19-7-10-20-8-5-18-6-9-20;;/h3-4,11,16,18-19H,2,5-10,12H2,1H3;2*1H. The van der Waals surface area contributed by atoms with Gasteiger partial charge < -0.3 is 14.8 Å².